The Balaban J connectivity index is 1.99. The molecule has 0 spiro atoms. The van der Waals surface area contributed by atoms with Crippen LogP contribution in [0.15, 0.2) is 30.3 Å². The van der Waals surface area contributed by atoms with Gasteiger partial charge in [-0.2, -0.15) is 0 Å². The van der Waals surface area contributed by atoms with Crippen LogP contribution in [-0.2, 0) is 11.2 Å². The number of hydrogen-bond acceptors (Lipinski definition) is 2. The topological polar surface area (TPSA) is 40.5 Å². The van der Waals surface area contributed by atoms with Crippen molar-refractivity contribution >= 4 is 12.0 Å². The summed E-state index contributed by atoms with van der Waals surface area (Å²) in [5, 5.41) is 9.21. The van der Waals surface area contributed by atoms with Crippen molar-refractivity contribution in [2.75, 3.05) is 13.2 Å². The van der Waals surface area contributed by atoms with Gasteiger partial charge in [0.05, 0.1) is 12.6 Å². The van der Waals surface area contributed by atoms with Crippen LogP contribution in [-0.4, -0.2) is 35.1 Å². The average molecular weight is 259 g/mol. The van der Waals surface area contributed by atoms with Gasteiger partial charge in [0.15, 0.2) is 0 Å². The van der Waals surface area contributed by atoms with Gasteiger partial charge in [0.1, 0.15) is 0 Å². The van der Waals surface area contributed by atoms with E-state index in [0.717, 1.165) is 31.4 Å². The highest BCUT2D eigenvalue weighted by Crippen LogP contribution is 2.17. The smallest absolute Gasteiger partial charge is 0.246 e. The number of aliphatic hydroxyl groups is 1. The molecule has 0 bridgehead atoms. The largest absolute Gasteiger partial charge is 0.394 e. The van der Waals surface area contributed by atoms with E-state index >= 15 is 0 Å². The Kier molecular flexibility index (Phi) is 4.74. The summed E-state index contributed by atoms with van der Waals surface area (Å²) in [6.45, 7) is 2.94. The molecule has 0 radical (unpaired) electrons. The Bertz CT molecular complexity index is 450. The first-order chi connectivity index (χ1) is 9.24. The van der Waals surface area contributed by atoms with Gasteiger partial charge >= 0.3 is 0 Å². The Labute approximate surface area is 114 Å². The molecule has 19 heavy (non-hydrogen) atoms. The zero-order valence-corrected chi connectivity index (χ0v) is 11.4. The molecule has 1 atom stereocenters. The number of carbonyl (C=O) groups excluding carboxylic acids is 1. The quantitative estimate of drug-likeness (QED) is 0.842. The molecule has 1 fully saturated rings. The number of aliphatic hydroxyl groups excluding tert-OH is 1. The Morgan fingerprint density at radius 3 is 2.79 bits per heavy atom. The van der Waals surface area contributed by atoms with Gasteiger partial charge in [0.25, 0.3) is 0 Å². The van der Waals surface area contributed by atoms with Crippen LogP contribution in [0.3, 0.4) is 0 Å². The minimum Gasteiger partial charge on any atom is -0.394 e. The first-order valence-electron chi connectivity index (χ1n) is 6.93. The maximum atomic E-state index is 12.0. The number of amides is 1. The van der Waals surface area contributed by atoms with Crippen LogP contribution in [0.2, 0.25) is 0 Å². The predicted octanol–water partition coefficient (Wildman–Crippen LogP) is 2.25. The lowest BCUT2D eigenvalue weighted by Crippen LogP contribution is -2.36. The van der Waals surface area contributed by atoms with Crippen molar-refractivity contribution in [1.82, 2.24) is 4.90 Å². The Morgan fingerprint density at radius 1 is 1.42 bits per heavy atom. The van der Waals surface area contributed by atoms with Crippen molar-refractivity contribution in [2.45, 2.75) is 32.2 Å². The summed E-state index contributed by atoms with van der Waals surface area (Å²) in [6.07, 6.45) is 6.36. The fourth-order valence-electron chi connectivity index (χ4n) is 2.44. The number of benzene rings is 1. The summed E-state index contributed by atoms with van der Waals surface area (Å²) in [5.74, 6) is -0.00359. The number of carbonyl (C=O) groups is 1. The molecule has 1 aliphatic rings. The fourth-order valence-corrected chi connectivity index (χ4v) is 2.44. The summed E-state index contributed by atoms with van der Waals surface area (Å²) in [6, 6.07) is 8.21. The van der Waals surface area contributed by atoms with E-state index in [-0.39, 0.29) is 18.6 Å². The molecule has 3 heteroatoms. The highest BCUT2D eigenvalue weighted by Gasteiger charge is 2.26. The van der Waals surface area contributed by atoms with Gasteiger partial charge in [-0.15, -0.1) is 0 Å². The van der Waals surface area contributed by atoms with Crippen molar-refractivity contribution in [3.63, 3.8) is 0 Å². The number of aryl methyl sites for hydroxylation is 1. The standard InChI is InChI=1S/C16H21NO2/c1-2-13-5-7-14(8-6-13)9-10-16(19)17-11-3-4-15(17)12-18/h5-10,15,18H,2-4,11-12H2,1H3/t15-/m1/s1. The van der Waals surface area contributed by atoms with Crippen molar-refractivity contribution in [1.29, 1.82) is 0 Å². The van der Waals surface area contributed by atoms with Gasteiger partial charge < -0.3 is 10.0 Å². The molecule has 0 saturated carbocycles. The number of hydrogen-bond donors (Lipinski definition) is 1. The highest BCUT2D eigenvalue weighted by molar-refractivity contribution is 5.92. The molecule has 1 saturated heterocycles. The van der Waals surface area contributed by atoms with Crippen molar-refractivity contribution in [3.8, 4) is 0 Å². The molecule has 2 rings (SSSR count). The van der Waals surface area contributed by atoms with E-state index in [2.05, 4.69) is 19.1 Å². The maximum Gasteiger partial charge on any atom is 0.246 e. The van der Waals surface area contributed by atoms with E-state index in [0.29, 0.717) is 0 Å². The summed E-state index contributed by atoms with van der Waals surface area (Å²) >= 11 is 0. The molecule has 1 heterocycles. The molecular weight excluding hydrogens is 238 g/mol. The maximum absolute atomic E-state index is 12.0. The third-order valence-electron chi connectivity index (χ3n) is 3.68. The molecule has 3 nitrogen and oxygen atoms in total. The summed E-state index contributed by atoms with van der Waals surface area (Å²) in [5.41, 5.74) is 2.33. The lowest BCUT2D eigenvalue weighted by Gasteiger charge is -2.21. The molecule has 102 valence electrons. The minimum absolute atomic E-state index is 0.000354. The van der Waals surface area contributed by atoms with Gasteiger partial charge in [-0.25, -0.2) is 0 Å². The molecular formula is C16H21NO2. The zero-order chi connectivity index (χ0) is 13.7. The van der Waals surface area contributed by atoms with Crippen LogP contribution in [0.25, 0.3) is 6.08 Å². The Morgan fingerprint density at radius 2 is 2.16 bits per heavy atom. The molecule has 1 N–H and O–H groups in total. The summed E-state index contributed by atoms with van der Waals surface area (Å²) in [7, 11) is 0. The molecule has 0 aliphatic carbocycles. The first-order valence-corrected chi connectivity index (χ1v) is 6.93. The van der Waals surface area contributed by atoms with Crippen molar-refractivity contribution in [2.24, 2.45) is 0 Å². The van der Waals surface area contributed by atoms with Gasteiger partial charge in [0, 0.05) is 12.6 Å². The third-order valence-corrected chi connectivity index (χ3v) is 3.68. The lowest BCUT2D eigenvalue weighted by atomic mass is 10.1. The van der Waals surface area contributed by atoms with Crippen LogP contribution in [0.1, 0.15) is 30.9 Å². The molecule has 1 aromatic carbocycles. The second-order valence-electron chi connectivity index (χ2n) is 4.94. The second-order valence-corrected chi connectivity index (χ2v) is 4.94. The van der Waals surface area contributed by atoms with Crippen LogP contribution >= 0.6 is 0 Å². The normalized spacial score (nSPS) is 19.3. The summed E-state index contributed by atoms with van der Waals surface area (Å²) in [4.78, 5) is 13.8. The zero-order valence-electron chi connectivity index (χ0n) is 11.4. The van der Waals surface area contributed by atoms with Gasteiger partial charge in [0.2, 0.25) is 5.91 Å². The highest BCUT2D eigenvalue weighted by atomic mass is 16.3. The number of likely N-dealkylation sites (tertiary alicyclic amines) is 1. The van der Waals surface area contributed by atoms with E-state index < -0.39 is 0 Å². The number of nitrogens with zero attached hydrogens (tertiary/aromatic N) is 1. The molecule has 0 aromatic heterocycles. The van der Waals surface area contributed by atoms with E-state index in [1.54, 1.807) is 11.0 Å². The van der Waals surface area contributed by atoms with Gasteiger partial charge in [-0.1, -0.05) is 31.2 Å². The Hall–Kier alpha value is -1.61. The third kappa shape index (κ3) is 3.44. The molecule has 1 aromatic rings. The van der Waals surface area contributed by atoms with Crippen LogP contribution in [0.4, 0.5) is 0 Å². The van der Waals surface area contributed by atoms with Crippen molar-refractivity contribution < 1.29 is 9.90 Å². The van der Waals surface area contributed by atoms with E-state index in [1.807, 2.05) is 18.2 Å². The second kappa shape index (κ2) is 6.53. The van der Waals surface area contributed by atoms with Gasteiger partial charge in [-0.3, -0.25) is 4.79 Å². The SMILES string of the molecule is CCc1ccc(C=CC(=O)N2CCC[C@@H]2CO)cc1. The minimum atomic E-state index is -0.00359. The fraction of sp³-hybridized carbons (Fsp3) is 0.438. The van der Waals surface area contributed by atoms with Crippen LogP contribution in [0.5, 0.6) is 0 Å². The first kappa shape index (κ1) is 13.8. The monoisotopic (exact) mass is 259 g/mol. The molecule has 1 aliphatic heterocycles. The average Bonchev–Trinajstić information content (AvgIpc) is 2.93. The van der Waals surface area contributed by atoms with E-state index in [9.17, 15) is 9.90 Å². The van der Waals surface area contributed by atoms with Gasteiger partial charge in [-0.05, 0) is 36.5 Å². The van der Waals surface area contributed by atoms with E-state index in [4.69, 9.17) is 0 Å². The predicted molar refractivity (Wildman–Crippen MR) is 76.7 cm³/mol. The lowest BCUT2D eigenvalue weighted by molar-refractivity contribution is -0.127. The van der Waals surface area contributed by atoms with Crippen LogP contribution in [0, 0.1) is 0 Å². The molecule has 0 unspecified atom stereocenters. The van der Waals surface area contributed by atoms with E-state index in [1.165, 1.54) is 5.56 Å². The summed E-state index contributed by atoms with van der Waals surface area (Å²) < 4.78 is 0. The van der Waals surface area contributed by atoms with Crippen molar-refractivity contribution in [3.05, 3.63) is 41.5 Å². The number of rotatable bonds is 4. The van der Waals surface area contributed by atoms with Crippen LogP contribution < -0.4 is 0 Å². The molecule has 1 amide bonds.